The molecule has 4 nitrogen and oxygen atoms in total. The molecule has 15 heavy (non-hydrogen) atoms. The molecule has 0 heterocycles. The average molecular weight is 208 g/mol. The largest absolute Gasteiger partial charge is 0.385 e. The molecular weight excluding hydrogens is 196 g/mol. The van der Waals surface area contributed by atoms with E-state index >= 15 is 0 Å². The number of rotatable bonds is 4. The average Bonchev–Trinajstić information content (AvgIpc) is 2.18. The van der Waals surface area contributed by atoms with Crippen molar-refractivity contribution in [3.8, 4) is 0 Å². The minimum atomic E-state index is -1.06. The van der Waals surface area contributed by atoms with E-state index in [1.807, 2.05) is 0 Å². The molecule has 0 radical (unpaired) electrons. The predicted octanol–water partition coefficient (Wildman–Crippen LogP) is 0.351. The Kier molecular flexibility index (Phi) is 3.68. The lowest BCUT2D eigenvalue weighted by Gasteiger charge is -2.09. The van der Waals surface area contributed by atoms with Crippen molar-refractivity contribution >= 4 is 17.3 Å². The Balaban J connectivity index is 2.55. The number of hydrogen-bond acceptors (Lipinski definition) is 4. The van der Waals surface area contributed by atoms with Crippen LogP contribution in [0, 0.1) is 0 Å². The second-order valence-electron chi connectivity index (χ2n) is 3.43. The van der Waals surface area contributed by atoms with Gasteiger partial charge < -0.3 is 5.11 Å². The van der Waals surface area contributed by atoms with Crippen molar-refractivity contribution < 1.29 is 19.5 Å². The molecule has 0 aromatic heterocycles. The molecule has 0 saturated carbocycles. The molecule has 1 N–H and O–H groups in total. The van der Waals surface area contributed by atoms with Crippen LogP contribution < -0.4 is 0 Å². The van der Waals surface area contributed by atoms with Crippen molar-refractivity contribution in [3.05, 3.63) is 23.8 Å². The second-order valence-corrected chi connectivity index (χ2v) is 3.43. The number of hydrogen-bond donors (Lipinski definition) is 1. The molecule has 0 spiro atoms. The van der Waals surface area contributed by atoms with E-state index in [1.54, 1.807) is 0 Å². The highest BCUT2D eigenvalue weighted by molar-refractivity contribution is 6.17. The summed E-state index contributed by atoms with van der Waals surface area (Å²) in [6, 6.07) is 0. The maximum Gasteiger partial charge on any atom is 0.182 e. The van der Waals surface area contributed by atoms with Crippen molar-refractivity contribution in [2.24, 2.45) is 0 Å². The summed E-state index contributed by atoms with van der Waals surface area (Å²) in [6.07, 6.45) is 3.02. The van der Waals surface area contributed by atoms with Crippen LogP contribution in [0.2, 0.25) is 0 Å². The van der Waals surface area contributed by atoms with Gasteiger partial charge in [0, 0.05) is 5.57 Å². The van der Waals surface area contributed by atoms with Gasteiger partial charge in [-0.3, -0.25) is 14.4 Å². The van der Waals surface area contributed by atoms with Crippen LogP contribution in [-0.4, -0.2) is 28.6 Å². The van der Waals surface area contributed by atoms with E-state index < -0.39 is 6.10 Å². The van der Waals surface area contributed by atoms with Crippen molar-refractivity contribution in [1.29, 1.82) is 0 Å². The van der Waals surface area contributed by atoms with E-state index in [0.29, 0.717) is 5.57 Å². The van der Waals surface area contributed by atoms with Gasteiger partial charge in [0.25, 0.3) is 0 Å². The summed E-state index contributed by atoms with van der Waals surface area (Å²) >= 11 is 0. The molecule has 1 aliphatic rings. The zero-order valence-electron chi connectivity index (χ0n) is 8.40. The van der Waals surface area contributed by atoms with Crippen molar-refractivity contribution in [1.82, 2.24) is 0 Å². The summed E-state index contributed by atoms with van der Waals surface area (Å²) in [4.78, 5) is 32.9. The van der Waals surface area contributed by atoms with Gasteiger partial charge in [-0.25, -0.2) is 0 Å². The fraction of sp³-hybridized carbons (Fsp3) is 0.364. The SMILES string of the molecule is CC(=O)C(O)CCC1=CC(=O)C=CC1=O. The first-order valence-corrected chi connectivity index (χ1v) is 4.66. The van der Waals surface area contributed by atoms with Crippen LogP contribution in [0.3, 0.4) is 0 Å². The van der Waals surface area contributed by atoms with Gasteiger partial charge in [0.1, 0.15) is 6.10 Å². The van der Waals surface area contributed by atoms with E-state index in [9.17, 15) is 19.5 Å². The van der Waals surface area contributed by atoms with Gasteiger partial charge in [-0.2, -0.15) is 0 Å². The van der Waals surface area contributed by atoms with Crippen LogP contribution in [-0.2, 0) is 14.4 Å². The number of carbonyl (C=O) groups excluding carboxylic acids is 3. The van der Waals surface area contributed by atoms with E-state index in [-0.39, 0.29) is 30.2 Å². The van der Waals surface area contributed by atoms with Gasteiger partial charge in [0.05, 0.1) is 0 Å². The quantitative estimate of drug-likeness (QED) is 0.677. The Hall–Kier alpha value is -1.55. The van der Waals surface area contributed by atoms with Crippen LogP contribution in [0.4, 0.5) is 0 Å². The van der Waals surface area contributed by atoms with E-state index in [0.717, 1.165) is 0 Å². The summed E-state index contributed by atoms with van der Waals surface area (Å²) in [6.45, 7) is 1.28. The summed E-state index contributed by atoms with van der Waals surface area (Å²) < 4.78 is 0. The van der Waals surface area contributed by atoms with Crippen LogP contribution in [0.25, 0.3) is 0 Å². The first kappa shape index (κ1) is 11.5. The van der Waals surface area contributed by atoms with Crippen LogP contribution >= 0.6 is 0 Å². The van der Waals surface area contributed by atoms with Gasteiger partial charge in [0.15, 0.2) is 17.3 Å². The molecule has 0 aliphatic heterocycles. The molecule has 0 fully saturated rings. The van der Waals surface area contributed by atoms with Crippen LogP contribution in [0.5, 0.6) is 0 Å². The van der Waals surface area contributed by atoms with Crippen LogP contribution in [0.15, 0.2) is 23.8 Å². The first-order chi connectivity index (χ1) is 7.00. The van der Waals surface area contributed by atoms with E-state index in [4.69, 9.17) is 0 Å². The summed E-state index contributed by atoms with van der Waals surface area (Å²) in [5.41, 5.74) is 0.350. The molecule has 0 bridgehead atoms. The lowest BCUT2D eigenvalue weighted by atomic mass is 9.97. The molecule has 80 valence electrons. The number of allylic oxidation sites excluding steroid dienone is 4. The van der Waals surface area contributed by atoms with Crippen molar-refractivity contribution in [2.45, 2.75) is 25.9 Å². The molecule has 0 aromatic carbocycles. The molecule has 1 atom stereocenters. The van der Waals surface area contributed by atoms with E-state index in [1.165, 1.54) is 25.2 Å². The third-order valence-electron chi connectivity index (χ3n) is 2.19. The van der Waals surface area contributed by atoms with E-state index in [2.05, 4.69) is 0 Å². The van der Waals surface area contributed by atoms with Gasteiger partial charge >= 0.3 is 0 Å². The monoisotopic (exact) mass is 208 g/mol. The second kappa shape index (κ2) is 4.79. The van der Waals surface area contributed by atoms with Crippen LogP contribution in [0.1, 0.15) is 19.8 Å². The standard InChI is InChI=1S/C11H12O4/c1-7(12)10(14)4-2-8-6-9(13)3-5-11(8)15/h3,5-6,10,14H,2,4H2,1H3. The maximum absolute atomic E-state index is 11.2. The van der Waals surface area contributed by atoms with Crippen molar-refractivity contribution in [3.63, 3.8) is 0 Å². The topological polar surface area (TPSA) is 71.4 Å². The number of Topliss-reactive ketones (excluding diaryl/α,β-unsaturated/α-hetero) is 1. The normalized spacial score (nSPS) is 17.6. The summed E-state index contributed by atoms with van der Waals surface area (Å²) in [5, 5.41) is 9.22. The highest BCUT2D eigenvalue weighted by Crippen LogP contribution is 2.13. The Morgan fingerprint density at radius 3 is 2.67 bits per heavy atom. The third-order valence-corrected chi connectivity index (χ3v) is 2.19. The fourth-order valence-electron chi connectivity index (χ4n) is 1.25. The Labute approximate surface area is 87.3 Å². The zero-order valence-corrected chi connectivity index (χ0v) is 8.40. The molecule has 1 rings (SSSR count). The number of carbonyl (C=O) groups is 3. The van der Waals surface area contributed by atoms with Crippen molar-refractivity contribution in [2.75, 3.05) is 0 Å². The van der Waals surface area contributed by atoms with Gasteiger partial charge in [0.2, 0.25) is 0 Å². The Morgan fingerprint density at radius 1 is 1.40 bits per heavy atom. The maximum atomic E-state index is 11.2. The molecule has 0 amide bonds. The molecule has 4 heteroatoms. The number of aliphatic hydroxyl groups is 1. The molecule has 0 aromatic rings. The molecule has 0 saturated heterocycles. The highest BCUT2D eigenvalue weighted by atomic mass is 16.3. The predicted molar refractivity (Wildman–Crippen MR) is 53.2 cm³/mol. The van der Waals surface area contributed by atoms with Gasteiger partial charge in [-0.15, -0.1) is 0 Å². The first-order valence-electron chi connectivity index (χ1n) is 4.66. The van der Waals surface area contributed by atoms with Gasteiger partial charge in [-0.05, 0) is 38.0 Å². The highest BCUT2D eigenvalue weighted by Gasteiger charge is 2.16. The number of ketones is 3. The zero-order chi connectivity index (χ0) is 11.4. The lowest BCUT2D eigenvalue weighted by Crippen LogP contribution is -2.18. The van der Waals surface area contributed by atoms with Gasteiger partial charge in [-0.1, -0.05) is 0 Å². The minimum absolute atomic E-state index is 0.175. The number of aliphatic hydroxyl groups excluding tert-OH is 1. The minimum Gasteiger partial charge on any atom is -0.385 e. The third kappa shape index (κ3) is 3.25. The molecule has 1 aliphatic carbocycles. The lowest BCUT2D eigenvalue weighted by molar-refractivity contribution is -0.125. The molecular formula is C11H12O4. The fourth-order valence-corrected chi connectivity index (χ4v) is 1.25. The summed E-state index contributed by atoms with van der Waals surface area (Å²) in [7, 11) is 0. The smallest absolute Gasteiger partial charge is 0.182 e. The summed E-state index contributed by atoms with van der Waals surface area (Å²) in [5.74, 6) is -0.798. The molecule has 1 unspecified atom stereocenters. The Bertz CT molecular complexity index is 363. The Morgan fingerprint density at radius 2 is 2.07 bits per heavy atom.